The summed E-state index contributed by atoms with van der Waals surface area (Å²) in [5.41, 5.74) is 7.68. The van der Waals surface area contributed by atoms with E-state index >= 15 is 0 Å². The Morgan fingerprint density at radius 2 is 1.81 bits per heavy atom. The maximum atomic E-state index is 10.9. The summed E-state index contributed by atoms with van der Waals surface area (Å²) in [5.74, 6) is 0.399. The number of hydrogen-bond acceptors (Lipinski definition) is 2. The summed E-state index contributed by atoms with van der Waals surface area (Å²) in [6.07, 6.45) is 0.812. The van der Waals surface area contributed by atoms with Crippen LogP contribution < -0.4 is 16.4 Å². The van der Waals surface area contributed by atoms with Crippen molar-refractivity contribution in [2.75, 3.05) is 11.9 Å². The number of hydrogen-bond donors (Lipinski definition) is 3. The molecule has 0 aliphatic rings. The van der Waals surface area contributed by atoms with E-state index in [0.717, 1.165) is 17.7 Å². The van der Waals surface area contributed by atoms with Gasteiger partial charge in [0.05, 0.1) is 0 Å². The van der Waals surface area contributed by atoms with E-state index in [1.54, 1.807) is 0 Å². The Labute approximate surface area is 143 Å². The first-order valence-electron chi connectivity index (χ1n) is 6.71. The van der Waals surface area contributed by atoms with Crippen molar-refractivity contribution in [2.45, 2.75) is 39.7 Å². The molecule has 0 saturated heterocycles. The van der Waals surface area contributed by atoms with Gasteiger partial charge in [0.2, 0.25) is 5.91 Å². The normalized spacial score (nSPS) is 11.5. The first-order valence-corrected chi connectivity index (χ1v) is 6.71. The summed E-state index contributed by atoms with van der Waals surface area (Å²) in [4.78, 5) is 15.2. The number of rotatable bonds is 4. The highest BCUT2D eigenvalue weighted by atomic mass is 127. The Kier molecular flexibility index (Phi) is 8.31. The summed E-state index contributed by atoms with van der Waals surface area (Å²) < 4.78 is 0. The molecule has 5 nitrogen and oxygen atoms in total. The zero-order chi connectivity index (χ0) is 15.2. The van der Waals surface area contributed by atoms with Gasteiger partial charge in [0.15, 0.2) is 5.96 Å². The van der Waals surface area contributed by atoms with Gasteiger partial charge in [-0.2, -0.15) is 0 Å². The van der Waals surface area contributed by atoms with E-state index < -0.39 is 0 Å². The molecule has 0 bridgehead atoms. The van der Waals surface area contributed by atoms with Crippen molar-refractivity contribution < 1.29 is 4.79 Å². The summed E-state index contributed by atoms with van der Waals surface area (Å²) in [5, 5.41) is 5.85. The van der Waals surface area contributed by atoms with E-state index in [1.807, 2.05) is 45.0 Å². The Morgan fingerprint density at radius 3 is 2.29 bits per heavy atom. The van der Waals surface area contributed by atoms with Crippen LogP contribution >= 0.6 is 24.0 Å². The second-order valence-electron chi connectivity index (χ2n) is 5.77. The molecule has 0 radical (unpaired) electrons. The Morgan fingerprint density at radius 1 is 1.24 bits per heavy atom. The maximum Gasteiger partial charge on any atom is 0.221 e. The van der Waals surface area contributed by atoms with Crippen molar-refractivity contribution in [3.05, 3.63) is 29.8 Å². The number of aliphatic imine (C=N–C) groups is 1. The number of nitrogens with zero attached hydrogens (tertiary/aromatic N) is 1. The predicted molar refractivity (Wildman–Crippen MR) is 99.2 cm³/mol. The molecule has 1 aromatic rings. The second kappa shape index (κ2) is 8.86. The topological polar surface area (TPSA) is 79.5 Å². The van der Waals surface area contributed by atoms with Crippen LogP contribution in [0.1, 0.15) is 33.3 Å². The molecule has 1 aromatic carbocycles. The van der Waals surface area contributed by atoms with Gasteiger partial charge in [0.25, 0.3) is 0 Å². The van der Waals surface area contributed by atoms with Gasteiger partial charge in [-0.1, -0.05) is 12.1 Å². The molecule has 0 aliphatic heterocycles. The van der Waals surface area contributed by atoms with Crippen molar-refractivity contribution in [3.63, 3.8) is 0 Å². The molecule has 0 saturated carbocycles. The fourth-order valence-electron chi connectivity index (χ4n) is 1.69. The van der Waals surface area contributed by atoms with Crippen LogP contribution in [0.3, 0.4) is 0 Å². The minimum Gasteiger partial charge on any atom is -0.370 e. The molecule has 0 fully saturated rings. The molecule has 0 atom stereocenters. The third kappa shape index (κ3) is 9.28. The van der Waals surface area contributed by atoms with Crippen molar-refractivity contribution >= 4 is 41.5 Å². The lowest BCUT2D eigenvalue weighted by atomic mass is 10.1. The smallest absolute Gasteiger partial charge is 0.221 e. The number of amides is 1. The predicted octanol–water partition coefficient (Wildman–Crippen LogP) is 2.51. The van der Waals surface area contributed by atoms with Crippen LogP contribution in [0.15, 0.2) is 29.3 Å². The maximum absolute atomic E-state index is 10.9. The second-order valence-corrected chi connectivity index (χ2v) is 5.77. The third-order valence-electron chi connectivity index (χ3n) is 2.46. The van der Waals surface area contributed by atoms with Crippen LogP contribution in [0.4, 0.5) is 5.69 Å². The highest BCUT2D eigenvalue weighted by Gasteiger charge is 2.09. The monoisotopic (exact) mass is 404 g/mol. The fourth-order valence-corrected chi connectivity index (χ4v) is 1.69. The number of nitrogens with two attached hydrogens (primary N) is 1. The van der Waals surface area contributed by atoms with Crippen LogP contribution in [0.25, 0.3) is 0 Å². The fraction of sp³-hybridized carbons (Fsp3) is 0.467. The van der Waals surface area contributed by atoms with E-state index in [2.05, 4.69) is 15.6 Å². The number of nitrogens with one attached hydrogen (secondary N) is 2. The SMILES string of the molecule is CC(=O)Nc1ccc(CCN=C(N)NC(C)(C)C)cc1.I. The molecule has 0 spiro atoms. The number of benzene rings is 1. The number of anilines is 1. The molecule has 21 heavy (non-hydrogen) atoms. The van der Waals surface area contributed by atoms with Crippen LogP contribution in [0, 0.1) is 0 Å². The summed E-state index contributed by atoms with van der Waals surface area (Å²) >= 11 is 0. The van der Waals surface area contributed by atoms with Gasteiger partial charge in [0, 0.05) is 24.7 Å². The number of carbonyl (C=O) groups is 1. The molecule has 6 heteroatoms. The summed E-state index contributed by atoms with van der Waals surface area (Å²) in [6, 6.07) is 7.73. The van der Waals surface area contributed by atoms with E-state index in [0.29, 0.717) is 12.5 Å². The number of guanidine groups is 1. The number of carbonyl (C=O) groups excluding carboxylic acids is 1. The van der Waals surface area contributed by atoms with E-state index in [-0.39, 0.29) is 35.4 Å². The minimum absolute atomic E-state index is 0. The Hall–Kier alpha value is -1.31. The van der Waals surface area contributed by atoms with Gasteiger partial charge >= 0.3 is 0 Å². The molecule has 1 rings (SSSR count). The lowest BCUT2D eigenvalue weighted by Crippen LogP contribution is -2.45. The van der Waals surface area contributed by atoms with Crippen LogP contribution in [-0.4, -0.2) is 24.0 Å². The van der Waals surface area contributed by atoms with Crippen molar-refractivity contribution in [1.29, 1.82) is 0 Å². The lowest BCUT2D eigenvalue weighted by Gasteiger charge is -2.20. The molecule has 0 unspecified atom stereocenters. The minimum atomic E-state index is -0.0758. The first kappa shape index (κ1) is 19.7. The lowest BCUT2D eigenvalue weighted by molar-refractivity contribution is -0.114. The van der Waals surface area contributed by atoms with Gasteiger partial charge in [-0.05, 0) is 44.9 Å². The van der Waals surface area contributed by atoms with Crippen molar-refractivity contribution in [1.82, 2.24) is 5.32 Å². The number of halogens is 1. The quantitative estimate of drug-likeness (QED) is 0.410. The van der Waals surface area contributed by atoms with E-state index in [9.17, 15) is 4.79 Å². The van der Waals surface area contributed by atoms with Crippen LogP contribution in [0.5, 0.6) is 0 Å². The molecule has 4 N–H and O–H groups in total. The molecule has 0 aliphatic carbocycles. The van der Waals surface area contributed by atoms with Crippen molar-refractivity contribution in [3.8, 4) is 0 Å². The van der Waals surface area contributed by atoms with Crippen molar-refractivity contribution in [2.24, 2.45) is 10.7 Å². The third-order valence-corrected chi connectivity index (χ3v) is 2.46. The average Bonchev–Trinajstić information content (AvgIpc) is 2.28. The van der Waals surface area contributed by atoms with Gasteiger partial charge in [0.1, 0.15) is 0 Å². The van der Waals surface area contributed by atoms with Gasteiger partial charge in [-0.15, -0.1) is 24.0 Å². The molecular formula is C15H25IN4O. The highest BCUT2D eigenvalue weighted by molar-refractivity contribution is 14.0. The van der Waals surface area contributed by atoms with Gasteiger partial charge < -0.3 is 16.4 Å². The first-order chi connectivity index (χ1) is 9.26. The molecular weight excluding hydrogens is 379 g/mol. The zero-order valence-electron chi connectivity index (χ0n) is 13.1. The molecule has 0 heterocycles. The Balaban J connectivity index is 0.00000400. The Bertz CT molecular complexity index is 477. The van der Waals surface area contributed by atoms with Gasteiger partial charge in [-0.25, -0.2) is 0 Å². The average molecular weight is 404 g/mol. The molecule has 0 aromatic heterocycles. The van der Waals surface area contributed by atoms with Crippen LogP contribution in [0.2, 0.25) is 0 Å². The zero-order valence-corrected chi connectivity index (χ0v) is 15.4. The standard InChI is InChI=1S/C15H24N4O.HI/c1-11(20)18-13-7-5-12(6-8-13)9-10-17-14(16)19-15(2,3)4;/h5-8H,9-10H2,1-4H3,(H,18,20)(H3,16,17,19);1H. The molecule has 118 valence electrons. The largest absolute Gasteiger partial charge is 0.370 e. The highest BCUT2D eigenvalue weighted by Crippen LogP contribution is 2.10. The summed E-state index contributed by atoms with van der Waals surface area (Å²) in [6.45, 7) is 8.24. The van der Waals surface area contributed by atoms with Crippen LogP contribution in [-0.2, 0) is 11.2 Å². The summed E-state index contributed by atoms with van der Waals surface area (Å²) in [7, 11) is 0. The van der Waals surface area contributed by atoms with E-state index in [4.69, 9.17) is 5.73 Å². The molecule has 1 amide bonds. The van der Waals surface area contributed by atoms with E-state index in [1.165, 1.54) is 6.92 Å². The van der Waals surface area contributed by atoms with Gasteiger partial charge in [-0.3, -0.25) is 9.79 Å².